The molecule has 0 saturated carbocycles. The van der Waals surface area contributed by atoms with Gasteiger partial charge in [0, 0.05) is 6.04 Å². The fourth-order valence-corrected chi connectivity index (χ4v) is 2.25. The van der Waals surface area contributed by atoms with E-state index in [2.05, 4.69) is 23.2 Å². The third-order valence-corrected chi connectivity index (χ3v) is 3.54. The minimum atomic E-state index is -0.0141. The van der Waals surface area contributed by atoms with E-state index in [-0.39, 0.29) is 6.04 Å². The number of pyridine rings is 1. The molecule has 3 rings (SSSR count). The zero-order chi connectivity index (χ0) is 14.7. The highest BCUT2D eigenvalue weighted by Crippen LogP contribution is 2.25. The monoisotopic (exact) mass is 278 g/mol. The molecular weight excluding hydrogens is 260 g/mol. The van der Waals surface area contributed by atoms with Crippen LogP contribution in [0.5, 0.6) is 11.5 Å². The second-order valence-corrected chi connectivity index (χ2v) is 5.04. The number of fused-ring (bicyclic) bond motifs is 1. The SMILES string of the molecule is CC[C@@H](N)c1ccc(Oc2ccc3ccccc3c2)cn1. The zero-order valence-electron chi connectivity index (χ0n) is 12.0. The van der Waals surface area contributed by atoms with Crippen molar-refractivity contribution in [1.82, 2.24) is 4.98 Å². The van der Waals surface area contributed by atoms with E-state index in [0.29, 0.717) is 0 Å². The molecule has 1 atom stereocenters. The Morgan fingerprint density at radius 3 is 2.48 bits per heavy atom. The van der Waals surface area contributed by atoms with E-state index in [4.69, 9.17) is 10.5 Å². The number of hydrogen-bond acceptors (Lipinski definition) is 3. The molecule has 21 heavy (non-hydrogen) atoms. The molecule has 0 fully saturated rings. The molecule has 0 unspecified atom stereocenters. The predicted molar refractivity (Wildman–Crippen MR) is 85.5 cm³/mol. The molecule has 0 aliphatic rings. The average Bonchev–Trinajstić information content (AvgIpc) is 2.55. The van der Waals surface area contributed by atoms with Gasteiger partial charge in [0.2, 0.25) is 0 Å². The zero-order valence-corrected chi connectivity index (χ0v) is 12.0. The van der Waals surface area contributed by atoms with Crippen molar-refractivity contribution < 1.29 is 4.74 Å². The minimum Gasteiger partial charge on any atom is -0.456 e. The maximum Gasteiger partial charge on any atom is 0.145 e. The van der Waals surface area contributed by atoms with Crippen molar-refractivity contribution in [1.29, 1.82) is 0 Å². The van der Waals surface area contributed by atoms with Crippen LogP contribution in [0.15, 0.2) is 60.8 Å². The molecule has 0 bridgehead atoms. The molecule has 0 amide bonds. The largest absolute Gasteiger partial charge is 0.456 e. The highest BCUT2D eigenvalue weighted by Gasteiger charge is 2.05. The molecule has 1 heterocycles. The standard InChI is InChI=1S/C18H18N2O/c1-2-17(19)18-10-9-16(12-20-18)21-15-8-7-13-5-3-4-6-14(13)11-15/h3-12,17H,2,19H2,1H3/t17-/m1/s1. The number of benzene rings is 2. The summed E-state index contributed by atoms with van der Waals surface area (Å²) in [6, 6.07) is 18.1. The van der Waals surface area contributed by atoms with Crippen molar-refractivity contribution in [2.45, 2.75) is 19.4 Å². The van der Waals surface area contributed by atoms with Crippen LogP contribution in [-0.4, -0.2) is 4.98 Å². The van der Waals surface area contributed by atoms with Gasteiger partial charge in [0.15, 0.2) is 0 Å². The van der Waals surface area contributed by atoms with Crippen molar-refractivity contribution in [2.75, 3.05) is 0 Å². The topological polar surface area (TPSA) is 48.1 Å². The summed E-state index contributed by atoms with van der Waals surface area (Å²) in [7, 11) is 0. The first-order valence-electron chi connectivity index (χ1n) is 7.14. The van der Waals surface area contributed by atoms with Crippen molar-refractivity contribution >= 4 is 10.8 Å². The van der Waals surface area contributed by atoms with Gasteiger partial charge in [0.1, 0.15) is 11.5 Å². The van der Waals surface area contributed by atoms with Crippen LogP contribution in [0.25, 0.3) is 10.8 Å². The van der Waals surface area contributed by atoms with Crippen LogP contribution in [-0.2, 0) is 0 Å². The summed E-state index contributed by atoms with van der Waals surface area (Å²) in [5.74, 6) is 1.53. The lowest BCUT2D eigenvalue weighted by Crippen LogP contribution is -2.10. The Morgan fingerprint density at radius 2 is 1.76 bits per heavy atom. The first kappa shape index (κ1) is 13.6. The molecule has 106 valence electrons. The summed E-state index contributed by atoms with van der Waals surface area (Å²) < 4.78 is 5.85. The van der Waals surface area contributed by atoms with E-state index in [1.165, 1.54) is 5.39 Å². The molecule has 3 heteroatoms. The molecule has 3 nitrogen and oxygen atoms in total. The third-order valence-electron chi connectivity index (χ3n) is 3.54. The van der Waals surface area contributed by atoms with Gasteiger partial charge in [-0.15, -0.1) is 0 Å². The van der Waals surface area contributed by atoms with Gasteiger partial charge in [-0.3, -0.25) is 4.98 Å². The molecule has 0 saturated heterocycles. The van der Waals surface area contributed by atoms with E-state index < -0.39 is 0 Å². The van der Waals surface area contributed by atoms with E-state index >= 15 is 0 Å². The first-order chi connectivity index (χ1) is 10.3. The van der Waals surface area contributed by atoms with Crippen molar-refractivity contribution in [3.8, 4) is 11.5 Å². The smallest absolute Gasteiger partial charge is 0.145 e. The van der Waals surface area contributed by atoms with Gasteiger partial charge in [-0.05, 0) is 41.5 Å². The summed E-state index contributed by atoms with van der Waals surface area (Å²) in [6.07, 6.45) is 2.60. The van der Waals surface area contributed by atoms with Crippen LogP contribution >= 0.6 is 0 Å². The minimum absolute atomic E-state index is 0.0141. The van der Waals surface area contributed by atoms with Gasteiger partial charge in [0.25, 0.3) is 0 Å². The Hall–Kier alpha value is -2.39. The molecule has 0 aliphatic heterocycles. The Morgan fingerprint density at radius 1 is 1.00 bits per heavy atom. The number of ether oxygens (including phenoxy) is 1. The molecule has 2 N–H and O–H groups in total. The number of hydrogen-bond donors (Lipinski definition) is 1. The first-order valence-corrected chi connectivity index (χ1v) is 7.14. The quantitative estimate of drug-likeness (QED) is 0.767. The lowest BCUT2D eigenvalue weighted by molar-refractivity contribution is 0.479. The van der Waals surface area contributed by atoms with E-state index in [0.717, 1.165) is 29.0 Å². The Labute approximate surface area is 124 Å². The van der Waals surface area contributed by atoms with Crippen LogP contribution in [0.1, 0.15) is 25.1 Å². The van der Waals surface area contributed by atoms with Crippen LogP contribution in [0.3, 0.4) is 0 Å². The average molecular weight is 278 g/mol. The lowest BCUT2D eigenvalue weighted by Gasteiger charge is -2.10. The van der Waals surface area contributed by atoms with Gasteiger partial charge < -0.3 is 10.5 Å². The number of nitrogens with zero attached hydrogens (tertiary/aromatic N) is 1. The second kappa shape index (κ2) is 5.94. The van der Waals surface area contributed by atoms with Gasteiger partial charge in [-0.1, -0.05) is 37.3 Å². The maximum absolute atomic E-state index is 5.96. The molecule has 0 spiro atoms. The van der Waals surface area contributed by atoms with Gasteiger partial charge in [0.05, 0.1) is 11.9 Å². The highest BCUT2D eigenvalue weighted by molar-refractivity contribution is 5.83. The molecule has 1 aromatic heterocycles. The van der Waals surface area contributed by atoms with Crippen LogP contribution in [0.2, 0.25) is 0 Å². The Balaban J connectivity index is 1.81. The molecular formula is C18H18N2O. The summed E-state index contributed by atoms with van der Waals surface area (Å²) in [6.45, 7) is 2.05. The van der Waals surface area contributed by atoms with Crippen molar-refractivity contribution in [3.05, 3.63) is 66.5 Å². The third kappa shape index (κ3) is 3.03. The Bertz CT molecular complexity index is 738. The van der Waals surface area contributed by atoms with Gasteiger partial charge in [-0.2, -0.15) is 0 Å². The van der Waals surface area contributed by atoms with Crippen LogP contribution in [0.4, 0.5) is 0 Å². The highest BCUT2D eigenvalue weighted by atomic mass is 16.5. The summed E-state index contributed by atoms with van der Waals surface area (Å²) in [5.41, 5.74) is 6.85. The predicted octanol–water partition coefficient (Wildman–Crippen LogP) is 4.44. The van der Waals surface area contributed by atoms with Crippen molar-refractivity contribution in [2.24, 2.45) is 5.73 Å². The Kier molecular flexibility index (Phi) is 3.84. The fourth-order valence-electron chi connectivity index (χ4n) is 2.25. The normalized spacial score (nSPS) is 12.3. The van der Waals surface area contributed by atoms with Crippen LogP contribution < -0.4 is 10.5 Å². The molecule has 0 radical (unpaired) electrons. The van der Waals surface area contributed by atoms with Gasteiger partial charge in [-0.25, -0.2) is 0 Å². The number of rotatable bonds is 4. The summed E-state index contributed by atoms with van der Waals surface area (Å²) >= 11 is 0. The summed E-state index contributed by atoms with van der Waals surface area (Å²) in [5, 5.41) is 2.36. The molecule has 3 aromatic rings. The van der Waals surface area contributed by atoms with Gasteiger partial charge >= 0.3 is 0 Å². The maximum atomic E-state index is 5.96. The van der Waals surface area contributed by atoms with E-state index in [1.807, 2.05) is 43.3 Å². The molecule has 0 aliphatic carbocycles. The second-order valence-electron chi connectivity index (χ2n) is 5.04. The van der Waals surface area contributed by atoms with E-state index in [9.17, 15) is 0 Å². The van der Waals surface area contributed by atoms with Crippen molar-refractivity contribution in [3.63, 3.8) is 0 Å². The lowest BCUT2D eigenvalue weighted by atomic mass is 10.1. The van der Waals surface area contributed by atoms with E-state index in [1.54, 1.807) is 6.20 Å². The number of aromatic nitrogens is 1. The molecule has 2 aromatic carbocycles. The summed E-state index contributed by atoms with van der Waals surface area (Å²) in [4.78, 5) is 4.36. The fraction of sp³-hybridized carbons (Fsp3) is 0.167. The number of nitrogens with two attached hydrogens (primary N) is 1. The van der Waals surface area contributed by atoms with Crippen LogP contribution in [0, 0.1) is 0 Å².